The van der Waals surface area contributed by atoms with E-state index in [-0.39, 0.29) is 0 Å². The van der Waals surface area contributed by atoms with Gasteiger partial charge in [-0.05, 0) is 19.8 Å². The highest BCUT2D eigenvalue weighted by Gasteiger charge is 2.22. The van der Waals surface area contributed by atoms with Crippen molar-refractivity contribution in [2.75, 3.05) is 7.11 Å². The third-order valence-electron chi connectivity index (χ3n) is 2.24. The van der Waals surface area contributed by atoms with Crippen molar-refractivity contribution in [2.24, 2.45) is 0 Å². The van der Waals surface area contributed by atoms with Gasteiger partial charge < -0.3 is 9.15 Å². The van der Waals surface area contributed by atoms with Crippen LogP contribution in [0.2, 0.25) is 0 Å². The van der Waals surface area contributed by atoms with E-state index >= 15 is 0 Å². The van der Waals surface area contributed by atoms with Crippen LogP contribution in [0.15, 0.2) is 4.42 Å². The lowest BCUT2D eigenvalue weighted by molar-refractivity contribution is 0.389. The summed E-state index contributed by atoms with van der Waals surface area (Å²) in [5.74, 6) is 3.04. The molecule has 1 heterocycles. The highest BCUT2D eigenvalue weighted by molar-refractivity contribution is 5.41. The number of furan rings is 1. The molecule has 2 rings (SSSR count). The summed E-state index contributed by atoms with van der Waals surface area (Å²) in [4.78, 5) is 0. The van der Waals surface area contributed by atoms with Crippen molar-refractivity contribution in [3.63, 3.8) is 0 Å². The topological polar surface area (TPSA) is 22.4 Å². The number of hydrogen-bond donors (Lipinski definition) is 0. The lowest BCUT2D eigenvalue weighted by Crippen LogP contribution is -1.86. The fourth-order valence-corrected chi connectivity index (χ4v) is 1.78. The van der Waals surface area contributed by atoms with Crippen molar-refractivity contribution in [1.82, 2.24) is 0 Å². The van der Waals surface area contributed by atoms with Gasteiger partial charge in [0, 0.05) is 12.0 Å². The van der Waals surface area contributed by atoms with E-state index in [2.05, 4.69) is 0 Å². The van der Waals surface area contributed by atoms with Crippen LogP contribution in [0.25, 0.3) is 0 Å². The van der Waals surface area contributed by atoms with Crippen LogP contribution in [0.5, 0.6) is 5.75 Å². The molecule has 1 aliphatic rings. The van der Waals surface area contributed by atoms with E-state index in [4.69, 9.17) is 9.15 Å². The molecule has 0 N–H and O–H groups in total. The third kappa shape index (κ3) is 0.854. The van der Waals surface area contributed by atoms with Gasteiger partial charge in [0.2, 0.25) is 0 Å². The first-order valence-electron chi connectivity index (χ1n) is 3.98. The fourth-order valence-electron chi connectivity index (χ4n) is 1.78. The zero-order valence-electron chi connectivity index (χ0n) is 6.94. The number of fused-ring (bicyclic) bond motifs is 1. The zero-order valence-corrected chi connectivity index (χ0v) is 6.94. The molecule has 1 aliphatic carbocycles. The summed E-state index contributed by atoms with van der Waals surface area (Å²) >= 11 is 0. The second-order valence-electron chi connectivity index (χ2n) is 2.95. The first-order chi connectivity index (χ1) is 5.33. The molecule has 0 atom stereocenters. The fraction of sp³-hybridized carbons (Fsp3) is 0.556. The maximum absolute atomic E-state index is 5.52. The molecule has 0 bridgehead atoms. The highest BCUT2D eigenvalue weighted by atomic mass is 16.5. The molecule has 0 aliphatic heterocycles. The SMILES string of the molecule is COc1c(C)oc2c1CCC2. The number of rotatable bonds is 1. The molecule has 1 aromatic heterocycles. The lowest BCUT2D eigenvalue weighted by Gasteiger charge is -1.97. The van der Waals surface area contributed by atoms with Gasteiger partial charge in [-0.1, -0.05) is 0 Å². The van der Waals surface area contributed by atoms with Crippen LogP contribution in [0.1, 0.15) is 23.5 Å². The van der Waals surface area contributed by atoms with Crippen LogP contribution in [-0.4, -0.2) is 7.11 Å². The largest absolute Gasteiger partial charge is 0.493 e. The maximum atomic E-state index is 5.52. The Kier molecular flexibility index (Phi) is 1.41. The van der Waals surface area contributed by atoms with Crippen molar-refractivity contribution < 1.29 is 9.15 Å². The second-order valence-corrected chi connectivity index (χ2v) is 2.95. The van der Waals surface area contributed by atoms with Crippen LogP contribution in [-0.2, 0) is 12.8 Å². The van der Waals surface area contributed by atoms with Gasteiger partial charge in [-0.2, -0.15) is 0 Å². The van der Waals surface area contributed by atoms with Gasteiger partial charge in [-0.3, -0.25) is 0 Å². The van der Waals surface area contributed by atoms with Gasteiger partial charge in [-0.25, -0.2) is 0 Å². The number of ether oxygens (including phenoxy) is 1. The van der Waals surface area contributed by atoms with Gasteiger partial charge in [0.1, 0.15) is 11.5 Å². The van der Waals surface area contributed by atoms with E-state index < -0.39 is 0 Å². The zero-order chi connectivity index (χ0) is 7.84. The van der Waals surface area contributed by atoms with E-state index in [1.54, 1.807) is 7.11 Å². The normalized spacial score (nSPS) is 15.1. The van der Waals surface area contributed by atoms with Crippen LogP contribution in [0.3, 0.4) is 0 Å². The molecule has 0 saturated heterocycles. The predicted octanol–water partition coefficient (Wildman–Crippen LogP) is 2.09. The molecule has 0 radical (unpaired) electrons. The lowest BCUT2D eigenvalue weighted by atomic mass is 10.2. The van der Waals surface area contributed by atoms with E-state index in [0.717, 1.165) is 30.1 Å². The molecule has 0 saturated carbocycles. The summed E-state index contributed by atoms with van der Waals surface area (Å²) in [6.07, 6.45) is 3.42. The van der Waals surface area contributed by atoms with E-state index in [1.165, 1.54) is 12.0 Å². The predicted molar refractivity (Wildman–Crippen MR) is 42.0 cm³/mol. The van der Waals surface area contributed by atoms with Gasteiger partial charge >= 0.3 is 0 Å². The molecule has 0 unspecified atom stereocenters. The van der Waals surface area contributed by atoms with Crippen LogP contribution >= 0.6 is 0 Å². The Balaban J connectivity index is 2.52. The van der Waals surface area contributed by atoms with Gasteiger partial charge in [-0.15, -0.1) is 0 Å². The van der Waals surface area contributed by atoms with Crippen LogP contribution in [0.4, 0.5) is 0 Å². The van der Waals surface area contributed by atoms with E-state index in [1.807, 2.05) is 6.92 Å². The smallest absolute Gasteiger partial charge is 0.163 e. The molecule has 2 nitrogen and oxygen atoms in total. The van der Waals surface area contributed by atoms with E-state index in [0.29, 0.717) is 0 Å². The summed E-state index contributed by atoms with van der Waals surface area (Å²) in [7, 11) is 1.70. The summed E-state index contributed by atoms with van der Waals surface area (Å²) in [5, 5.41) is 0. The Hall–Kier alpha value is -0.920. The average molecular weight is 152 g/mol. The Morgan fingerprint density at radius 3 is 2.91 bits per heavy atom. The van der Waals surface area contributed by atoms with Crippen molar-refractivity contribution in [1.29, 1.82) is 0 Å². The molecule has 0 spiro atoms. The molecule has 60 valence electrons. The van der Waals surface area contributed by atoms with E-state index in [9.17, 15) is 0 Å². The number of aryl methyl sites for hydroxylation is 2. The van der Waals surface area contributed by atoms with Crippen molar-refractivity contribution in [3.8, 4) is 5.75 Å². The number of hydrogen-bond acceptors (Lipinski definition) is 2. The minimum Gasteiger partial charge on any atom is -0.493 e. The molecule has 2 heteroatoms. The first kappa shape index (κ1) is 6.77. The Labute approximate surface area is 66.2 Å². The molecule has 11 heavy (non-hydrogen) atoms. The molecular formula is C9H12O2. The molecule has 0 fully saturated rings. The summed E-state index contributed by atoms with van der Waals surface area (Å²) in [6.45, 7) is 1.96. The monoisotopic (exact) mass is 152 g/mol. The Morgan fingerprint density at radius 1 is 1.36 bits per heavy atom. The van der Waals surface area contributed by atoms with Crippen LogP contribution in [0, 0.1) is 6.92 Å². The third-order valence-corrected chi connectivity index (χ3v) is 2.24. The average Bonchev–Trinajstić information content (AvgIpc) is 2.46. The Bertz CT molecular complexity index is 273. The maximum Gasteiger partial charge on any atom is 0.163 e. The van der Waals surface area contributed by atoms with Crippen molar-refractivity contribution in [3.05, 3.63) is 17.1 Å². The van der Waals surface area contributed by atoms with Gasteiger partial charge in [0.05, 0.1) is 7.11 Å². The molecular weight excluding hydrogens is 140 g/mol. The number of methoxy groups -OCH3 is 1. The molecule has 1 aromatic rings. The second kappa shape index (κ2) is 2.29. The minimum absolute atomic E-state index is 0.928. The quantitative estimate of drug-likeness (QED) is 0.614. The molecule has 0 amide bonds. The summed E-state index contributed by atoms with van der Waals surface area (Å²) < 4.78 is 10.8. The summed E-state index contributed by atoms with van der Waals surface area (Å²) in [6, 6.07) is 0. The van der Waals surface area contributed by atoms with Gasteiger partial charge in [0.25, 0.3) is 0 Å². The molecule has 0 aromatic carbocycles. The van der Waals surface area contributed by atoms with Crippen LogP contribution < -0.4 is 4.74 Å². The standard InChI is InChI=1S/C9H12O2/c1-6-9(10-2)7-4-3-5-8(7)11-6/h3-5H2,1-2H3. The van der Waals surface area contributed by atoms with Crippen molar-refractivity contribution in [2.45, 2.75) is 26.2 Å². The highest BCUT2D eigenvalue weighted by Crippen LogP contribution is 2.35. The first-order valence-corrected chi connectivity index (χ1v) is 3.98. The summed E-state index contributed by atoms with van der Waals surface area (Å²) in [5.41, 5.74) is 1.30. The minimum atomic E-state index is 0.928. The van der Waals surface area contributed by atoms with Gasteiger partial charge in [0.15, 0.2) is 5.75 Å². The van der Waals surface area contributed by atoms with Crippen molar-refractivity contribution >= 4 is 0 Å². The Morgan fingerprint density at radius 2 is 2.18 bits per heavy atom.